The van der Waals surface area contributed by atoms with E-state index in [1.165, 1.54) is 45.6 Å². The highest BCUT2D eigenvalue weighted by Gasteiger charge is 2.51. The lowest BCUT2D eigenvalue weighted by Gasteiger charge is -2.56. The van der Waals surface area contributed by atoms with Gasteiger partial charge in [-0.25, -0.2) is 9.59 Å². The second kappa shape index (κ2) is 13.0. The Bertz CT molecular complexity index is 1300. The Morgan fingerprint density at radius 3 is 1.59 bits per heavy atom. The molecule has 242 valence electrons. The van der Waals surface area contributed by atoms with E-state index >= 15 is 0 Å². The summed E-state index contributed by atoms with van der Waals surface area (Å²) in [6.45, 7) is 10.4. The minimum absolute atomic E-state index is 0.00660. The number of phenols is 2. The maximum Gasteiger partial charge on any atom is 0.319 e. The molecule has 0 saturated heterocycles. The predicted octanol–water partition coefficient (Wildman–Crippen LogP) is 7.23. The molecular formula is C34H50N4O6. The molecular weight excluding hydrogens is 560 g/mol. The number of carbonyl (C=O) groups is 2. The average molecular weight is 611 g/mol. The highest BCUT2D eigenvalue weighted by molar-refractivity contribution is 5.90. The lowest BCUT2D eigenvalue weighted by molar-refractivity contribution is -0.0127. The first kappa shape index (κ1) is 33.1. The third-order valence-corrected chi connectivity index (χ3v) is 8.71. The lowest BCUT2D eigenvalue weighted by Crippen LogP contribution is -2.60. The smallest absolute Gasteiger partial charge is 0.319 e. The lowest BCUT2D eigenvalue weighted by atomic mass is 9.53. The van der Waals surface area contributed by atoms with E-state index < -0.39 is 0 Å². The minimum Gasteiger partial charge on any atom is -0.504 e. The molecule has 0 unspecified atom stereocenters. The van der Waals surface area contributed by atoms with Gasteiger partial charge in [0.25, 0.3) is 0 Å². The Morgan fingerprint density at radius 1 is 0.773 bits per heavy atom. The minimum atomic E-state index is -0.323. The van der Waals surface area contributed by atoms with Crippen LogP contribution in [0.5, 0.6) is 23.0 Å². The van der Waals surface area contributed by atoms with Crippen LogP contribution < -0.4 is 30.7 Å². The van der Waals surface area contributed by atoms with E-state index in [1.807, 2.05) is 13.8 Å². The summed E-state index contributed by atoms with van der Waals surface area (Å²) in [6, 6.07) is 9.16. The second-order valence-corrected chi connectivity index (χ2v) is 14.8. The van der Waals surface area contributed by atoms with Gasteiger partial charge in [0.2, 0.25) is 0 Å². The summed E-state index contributed by atoms with van der Waals surface area (Å²) in [7, 11) is 2.98. The number of methoxy groups -OCH3 is 2. The highest BCUT2D eigenvalue weighted by atomic mass is 16.5. The van der Waals surface area contributed by atoms with Crippen molar-refractivity contribution in [2.45, 2.75) is 90.6 Å². The topological polar surface area (TPSA) is 141 Å². The number of ether oxygens (including phenoxy) is 2. The zero-order valence-corrected chi connectivity index (χ0v) is 27.2. The third kappa shape index (κ3) is 8.86. The van der Waals surface area contributed by atoms with Crippen LogP contribution >= 0.6 is 0 Å². The number of hydrogen-bond donors (Lipinski definition) is 6. The van der Waals surface area contributed by atoms with E-state index in [2.05, 4.69) is 42.0 Å². The summed E-state index contributed by atoms with van der Waals surface area (Å²) in [5.41, 5.74) is 0.877. The molecule has 10 heteroatoms. The number of anilines is 2. The number of hydrogen-bond acceptors (Lipinski definition) is 6. The molecule has 6 N–H and O–H groups in total. The number of nitrogens with one attached hydrogen (secondary N) is 4. The number of aromatic hydroxyl groups is 2. The summed E-state index contributed by atoms with van der Waals surface area (Å²) < 4.78 is 9.98. The van der Waals surface area contributed by atoms with Crippen molar-refractivity contribution in [3.8, 4) is 23.0 Å². The van der Waals surface area contributed by atoms with Crippen LogP contribution in [-0.2, 0) is 0 Å². The fourth-order valence-corrected chi connectivity index (χ4v) is 8.04. The van der Waals surface area contributed by atoms with Gasteiger partial charge in [-0.2, -0.15) is 0 Å². The van der Waals surface area contributed by atoms with Crippen LogP contribution in [0.4, 0.5) is 21.0 Å². The molecule has 44 heavy (non-hydrogen) atoms. The standard InChI is InChI=1S/C18H24N2O3.C16H26N2O3/c1-23-16-3-2-14(7-15(16)21)19-17(22)20-18-8-11-4-12(9-18)6-13(5-11)10-18;1-15(2,3)10-16(4,5)18-14(20)17-11-7-8-13(21-6)12(19)9-11/h2-3,7,11-13,21H,4-6,8-10H2,1H3,(H2,19,20,22);7-9,19H,10H2,1-6H3,(H2,17,18,20). The van der Waals surface area contributed by atoms with Crippen molar-refractivity contribution in [1.82, 2.24) is 10.6 Å². The Labute approximate surface area is 261 Å². The van der Waals surface area contributed by atoms with Gasteiger partial charge < -0.3 is 41.0 Å². The van der Waals surface area contributed by atoms with Crippen molar-refractivity contribution in [2.24, 2.45) is 23.2 Å². The zero-order valence-electron chi connectivity index (χ0n) is 27.2. The molecule has 0 atom stereocenters. The molecule has 4 aliphatic carbocycles. The second-order valence-electron chi connectivity index (χ2n) is 14.8. The molecule has 6 rings (SSSR count). The SMILES string of the molecule is COc1ccc(NC(=O)NC(C)(C)CC(C)(C)C)cc1O.COc1ccc(NC(=O)NC23CC4CC(CC(C4)C2)C3)cc1O. The largest absolute Gasteiger partial charge is 0.504 e. The Balaban J connectivity index is 0.000000202. The Hall–Kier alpha value is -3.82. The number of benzene rings is 2. The van der Waals surface area contributed by atoms with Crippen LogP contribution in [0.15, 0.2) is 36.4 Å². The van der Waals surface area contributed by atoms with Crippen LogP contribution in [0.25, 0.3) is 0 Å². The van der Waals surface area contributed by atoms with Crippen LogP contribution in [-0.4, -0.2) is 47.6 Å². The maximum absolute atomic E-state index is 12.4. The molecule has 0 aromatic heterocycles. The summed E-state index contributed by atoms with van der Waals surface area (Å²) in [6.07, 6.45) is 8.29. The molecule has 4 amide bonds. The number of phenolic OH excluding ortho intramolecular Hbond substituents is 2. The number of urea groups is 2. The van der Waals surface area contributed by atoms with Gasteiger partial charge in [-0.3, -0.25) is 0 Å². The van der Waals surface area contributed by atoms with Crippen LogP contribution in [0.1, 0.15) is 79.6 Å². The summed E-state index contributed by atoms with van der Waals surface area (Å²) in [5, 5.41) is 31.3. The molecule has 4 bridgehead atoms. The first-order chi connectivity index (χ1) is 20.6. The fourth-order valence-electron chi connectivity index (χ4n) is 8.04. The first-order valence-electron chi connectivity index (χ1n) is 15.5. The number of rotatable bonds is 7. The molecule has 10 nitrogen and oxygen atoms in total. The number of amides is 4. The molecule has 4 saturated carbocycles. The van der Waals surface area contributed by atoms with Gasteiger partial charge in [0, 0.05) is 34.6 Å². The molecule has 0 spiro atoms. The van der Waals surface area contributed by atoms with Crippen LogP contribution in [0.3, 0.4) is 0 Å². The molecule has 0 aliphatic heterocycles. The molecule has 0 heterocycles. The van der Waals surface area contributed by atoms with Gasteiger partial charge in [-0.15, -0.1) is 0 Å². The van der Waals surface area contributed by atoms with Gasteiger partial charge >= 0.3 is 12.1 Å². The van der Waals surface area contributed by atoms with Crippen molar-refractivity contribution < 1.29 is 29.3 Å². The van der Waals surface area contributed by atoms with Gasteiger partial charge in [-0.1, -0.05) is 20.8 Å². The van der Waals surface area contributed by atoms with Crippen molar-refractivity contribution in [3.05, 3.63) is 36.4 Å². The van der Waals surface area contributed by atoms with Crippen molar-refractivity contribution in [2.75, 3.05) is 24.9 Å². The average Bonchev–Trinajstić information content (AvgIpc) is 2.86. The van der Waals surface area contributed by atoms with E-state index in [9.17, 15) is 19.8 Å². The van der Waals surface area contributed by atoms with E-state index in [1.54, 1.807) is 24.3 Å². The van der Waals surface area contributed by atoms with Gasteiger partial charge in [-0.05, 0) is 106 Å². The Morgan fingerprint density at radius 2 is 1.20 bits per heavy atom. The molecule has 4 aliphatic rings. The van der Waals surface area contributed by atoms with Crippen LogP contribution in [0.2, 0.25) is 0 Å². The molecule has 0 radical (unpaired) electrons. The maximum atomic E-state index is 12.4. The van der Waals surface area contributed by atoms with Crippen molar-refractivity contribution in [3.63, 3.8) is 0 Å². The van der Waals surface area contributed by atoms with Crippen LogP contribution in [0, 0.1) is 23.2 Å². The third-order valence-electron chi connectivity index (χ3n) is 8.71. The summed E-state index contributed by atoms with van der Waals surface area (Å²) in [5.74, 6) is 3.18. The quantitative estimate of drug-likeness (QED) is 0.195. The van der Waals surface area contributed by atoms with Gasteiger partial charge in [0.15, 0.2) is 23.0 Å². The van der Waals surface area contributed by atoms with E-state index in [0.29, 0.717) is 22.9 Å². The van der Waals surface area contributed by atoms with Crippen molar-refractivity contribution in [1.29, 1.82) is 0 Å². The van der Waals surface area contributed by atoms with E-state index in [-0.39, 0.29) is 40.1 Å². The van der Waals surface area contributed by atoms with Crippen molar-refractivity contribution >= 4 is 23.4 Å². The Kier molecular flexibility index (Phi) is 9.80. The van der Waals surface area contributed by atoms with Gasteiger partial charge in [0.05, 0.1) is 14.2 Å². The first-order valence-corrected chi connectivity index (χ1v) is 15.5. The normalized spacial score (nSPS) is 23.6. The monoisotopic (exact) mass is 610 g/mol. The molecule has 2 aromatic rings. The van der Waals surface area contributed by atoms with E-state index in [0.717, 1.165) is 43.4 Å². The predicted molar refractivity (Wildman–Crippen MR) is 173 cm³/mol. The van der Waals surface area contributed by atoms with Gasteiger partial charge in [0.1, 0.15) is 0 Å². The number of carbonyl (C=O) groups excluding carboxylic acids is 2. The van der Waals surface area contributed by atoms with E-state index in [4.69, 9.17) is 9.47 Å². The summed E-state index contributed by atoms with van der Waals surface area (Å²) >= 11 is 0. The fraction of sp³-hybridized carbons (Fsp3) is 0.588. The highest BCUT2D eigenvalue weighted by Crippen LogP contribution is 2.55. The summed E-state index contributed by atoms with van der Waals surface area (Å²) in [4.78, 5) is 24.5. The molecule has 4 fully saturated rings. The zero-order chi connectivity index (χ0) is 32.3. The molecule has 2 aromatic carbocycles.